The van der Waals surface area contributed by atoms with Gasteiger partial charge in [0.25, 0.3) is 5.56 Å². The molecule has 0 aliphatic rings. The molecule has 2 heterocycles. The number of imidazole rings is 1. The van der Waals surface area contributed by atoms with Crippen molar-refractivity contribution in [2.24, 2.45) is 14.1 Å². The Labute approximate surface area is 121 Å². The third-order valence-electron chi connectivity index (χ3n) is 3.34. The van der Waals surface area contributed by atoms with Crippen molar-refractivity contribution >= 4 is 17.1 Å². The van der Waals surface area contributed by atoms with Gasteiger partial charge >= 0.3 is 5.69 Å². The summed E-state index contributed by atoms with van der Waals surface area (Å²) in [6.07, 6.45) is 0. The third kappa shape index (κ3) is 2.71. The number of aryl methyl sites for hydroxylation is 1. The quantitative estimate of drug-likeness (QED) is 0.797. The molecular weight excluding hydrogens is 274 g/mol. The lowest BCUT2D eigenvalue weighted by Gasteiger charge is -2.27. The minimum absolute atomic E-state index is 0.281. The Morgan fingerprint density at radius 3 is 2.43 bits per heavy atom. The number of fused-ring (bicyclic) bond motifs is 1. The molecule has 0 aromatic carbocycles. The smallest absolute Gasteiger partial charge is 0.332 e. The highest BCUT2D eigenvalue weighted by Crippen LogP contribution is 2.16. The summed E-state index contributed by atoms with van der Waals surface area (Å²) >= 11 is 0. The first kappa shape index (κ1) is 15.3. The summed E-state index contributed by atoms with van der Waals surface area (Å²) in [5, 5.41) is 9.95. The molecule has 2 rings (SSSR count). The van der Waals surface area contributed by atoms with Crippen molar-refractivity contribution < 1.29 is 5.11 Å². The number of hydrogen-bond donors (Lipinski definition) is 2. The van der Waals surface area contributed by atoms with Gasteiger partial charge in [0.2, 0.25) is 5.95 Å². The fourth-order valence-corrected chi connectivity index (χ4v) is 2.27. The summed E-state index contributed by atoms with van der Waals surface area (Å²) < 4.78 is 2.37. The molecule has 0 fully saturated rings. The number of H-pyrrole nitrogens is 1. The van der Waals surface area contributed by atoms with Crippen LogP contribution in [0.15, 0.2) is 9.59 Å². The molecule has 0 aliphatic heterocycles. The number of nitrogens with one attached hydrogen (secondary N) is 1. The Morgan fingerprint density at radius 1 is 1.29 bits per heavy atom. The summed E-state index contributed by atoms with van der Waals surface area (Å²) in [6, 6.07) is 0. The second kappa shape index (κ2) is 5.03. The molecule has 0 amide bonds. The molecular formula is C13H21N5O3. The Morgan fingerprint density at radius 2 is 1.90 bits per heavy atom. The molecule has 0 saturated carbocycles. The summed E-state index contributed by atoms with van der Waals surface area (Å²) in [4.78, 5) is 33.1. The van der Waals surface area contributed by atoms with Gasteiger partial charge in [-0.2, -0.15) is 4.98 Å². The molecule has 0 saturated heterocycles. The van der Waals surface area contributed by atoms with E-state index in [-0.39, 0.29) is 5.52 Å². The zero-order valence-electron chi connectivity index (χ0n) is 13.0. The van der Waals surface area contributed by atoms with Crippen molar-refractivity contribution in [1.29, 1.82) is 0 Å². The van der Waals surface area contributed by atoms with Gasteiger partial charge < -0.3 is 15.0 Å². The highest BCUT2D eigenvalue weighted by atomic mass is 16.3. The lowest BCUT2D eigenvalue weighted by atomic mass is 10.1. The van der Waals surface area contributed by atoms with E-state index in [1.165, 1.54) is 11.6 Å². The predicted octanol–water partition coefficient (Wildman–Crippen LogP) is -0.442. The number of nitrogens with zero attached hydrogens (tertiary/aromatic N) is 4. The predicted molar refractivity (Wildman–Crippen MR) is 80.8 cm³/mol. The van der Waals surface area contributed by atoms with E-state index in [9.17, 15) is 14.7 Å². The average Bonchev–Trinajstić information content (AvgIpc) is 2.84. The van der Waals surface area contributed by atoms with Gasteiger partial charge in [-0.05, 0) is 20.8 Å². The Kier molecular flexibility index (Phi) is 3.66. The first-order chi connectivity index (χ1) is 9.65. The van der Waals surface area contributed by atoms with E-state index < -0.39 is 16.9 Å². The van der Waals surface area contributed by atoms with Crippen LogP contribution in [-0.4, -0.2) is 42.9 Å². The van der Waals surface area contributed by atoms with Gasteiger partial charge in [0.15, 0.2) is 11.2 Å². The van der Waals surface area contributed by atoms with Gasteiger partial charge in [-0.1, -0.05) is 0 Å². The summed E-state index contributed by atoms with van der Waals surface area (Å²) in [5.74, 6) is 0.466. The fraction of sp³-hybridized carbons (Fsp3) is 0.615. The molecule has 2 aromatic heterocycles. The Balaban J connectivity index is 2.63. The molecule has 8 heteroatoms. The van der Waals surface area contributed by atoms with E-state index in [1.807, 2.05) is 11.8 Å². The molecule has 21 heavy (non-hydrogen) atoms. The number of aromatic nitrogens is 4. The lowest BCUT2D eigenvalue weighted by molar-refractivity contribution is 0.0872. The maximum absolute atomic E-state index is 12.1. The minimum atomic E-state index is -0.897. The van der Waals surface area contributed by atoms with Crippen LogP contribution in [0.2, 0.25) is 0 Å². The number of hydrogen-bond acceptors (Lipinski definition) is 5. The number of rotatable bonds is 4. The van der Waals surface area contributed by atoms with Crippen molar-refractivity contribution in [2.45, 2.75) is 26.4 Å². The summed E-state index contributed by atoms with van der Waals surface area (Å²) in [6.45, 7) is 6.30. The normalized spacial score (nSPS) is 12.1. The number of aromatic amines is 1. The van der Waals surface area contributed by atoms with Gasteiger partial charge in [0.05, 0.1) is 5.60 Å². The van der Waals surface area contributed by atoms with Crippen molar-refractivity contribution in [1.82, 2.24) is 19.1 Å². The van der Waals surface area contributed by atoms with Gasteiger partial charge in [0.1, 0.15) is 0 Å². The van der Waals surface area contributed by atoms with E-state index >= 15 is 0 Å². The van der Waals surface area contributed by atoms with E-state index in [4.69, 9.17) is 0 Å². The highest BCUT2D eigenvalue weighted by molar-refractivity contribution is 5.72. The maximum Gasteiger partial charge on any atom is 0.332 e. The molecule has 0 aliphatic carbocycles. The topological polar surface area (TPSA) is 96.2 Å². The van der Waals surface area contributed by atoms with E-state index in [0.717, 1.165) is 4.57 Å². The summed E-state index contributed by atoms with van der Waals surface area (Å²) in [5.41, 5.74) is -1.13. The highest BCUT2D eigenvalue weighted by Gasteiger charge is 2.21. The van der Waals surface area contributed by atoms with E-state index in [1.54, 1.807) is 20.9 Å². The van der Waals surface area contributed by atoms with E-state index in [2.05, 4.69) is 9.97 Å². The minimum Gasteiger partial charge on any atom is -0.389 e. The molecule has 0 spiro atoms. The van der Waals surface area contributed by atoms with Crippen LogP contribution in [-0.2, 0) is 14.1 Å². The molecule has 0 radical (unpaired) electrons. The van der Waals surface area contributed by atoms with Crippen LogP contribution in [0.1, 0.15) is 20.8 Å². The van der Waals surface area contributed by atoms with Crippen LogP contribution in [0.5, 0.6) is 0 Å². The number of likely N-dealkylation sites (N-methyl/N-ethyl adjacent to an activating group) is 1. The van der Waals surface area contributed by atoms with Crippen LogP contribution in [0.25, 0.3) is 11.2 Å². The molecule has 0 atom stereocenters. The van der Waals surface area contributed by atoms with Crippen molar-refractivity contribution in [3.8, 4) is 0 Å². The zero-order valence-corrected chi connectivity index (χ0v) is 13.0. The molecule has 0 bridgehead atoms. The first-order valence-electron chi connectivity index (χ1n) is 6.78. The van der Waals surface area contributed by atoms with Crippen molar-refractivity contribution in [3.63, 3.8) is 0 Å². The second-order valence-corrected chi connectivity index (χ2v) is 5.79. The van der Waals surface area contributed by atoms with Crippen molar-refractivity contribution in [3.05, 3.63) is 20.8 Å². The van der Waals surface area contributed by atoms with Gasteiger partial charge in [-0.25, -0.2) is 4.79 Å². The lowest BCUT2D eigenvalue weighted by Crippen LogP contribution is -2.39. The molecule has 2 N–H and O–H groups in total. The molecule has 2 aromatic rings. The first-order valence-corrected chi connectivity index (χ1v) is 6.78. The molecule has 8 nitrogen and oxygen atoms in total. The molecule has 116 valence electrons. The summed E-state index contributed by atoms with van der Waals surface area (Å²) in [7, 11) is 3.00. The third-order valence-corrected chi connectivity index (χ3v) is 3.34. The van der Waals surface area contributed by atoms with Crippen LogP contribution >= 0.6 is 0 Å². The molecule has 0 unspecified atom stereocenters. The largest absolute Gasteiger partial charge is 0.389 e. The van der Waals surface area contributed by atoms with Crippen LogP contribution in [0.3, 0.4) is 0 Å². The van der Waals surface area contributed by atoms with Gasteiger partial charge in [-0.3, -0.25) is 13.9 Å². The van der Waals surface area contributed by atoms with Gasteiger partial charge in [-0.15, -0.1) is 0 Å². The second-order valence-electron chi connectivity index (χ2n) is 5.79. The van der Waals surface area contributed by atoms with Crippen LogP contribution in [0, 0.1) is 0 Å². The van der Waals surface area contributed by atoms with Crippen LogP contribution in [0.4, 0.5) is 5.95 Å². The SMILES string of the molecule is CCN(CC(C)(C)O)c1nc2c([nH]1)c(=O)n(C)c(=O)n2C. The standard InChI is InChI=1S/C13H21N5O3/c1-6-18(7-13(2,3)21)11-14-8-9(15-11)16(4)12(20)17(5)10(8)19/h21H,6-7H2,1-5H3,(H,14,15). The number of aliphatic hydroxyl groups is 1. The Bertz CT molecular complexity index is 778. The van der Waals surface area contributed by atoms with Gasteiger partial charge in [0, 0.05) is 27.2 Å². The van der Waals surface area contributed by atoms with Crippen LogP contribution < -0.4 is 16.1 Å². The Hall–Kier alpha value is -2.09. The fourth-order valence-electron chi connectivity index (χ4n) is 2.27. The van der Waals surface area contributed by atoms with Crippen molar-refractivity contribution in [2.75, 3.05) is 18.0 Å². The zero-order chi connectivity index (χ0) is 15.9. The maximum atomic E-state index is 12.1. The average molecular weight is 295 g/mol. The van der Waals surface area contributed by atoms with E-state index in [0.29, 0.717) is 24.7 Å². The monoisotopic (exact) mass is 295 g/mol. The number of anilines is 1.